The summed E-state index contributed by atoms with van der Waals surface area (Å²) in [6, 6.07) is 3.50. The van der Waals surface area contributed by atoms with Gasteiger partial charge in [0, 0.05) is 29.8 Å². The first-order valence-corrected chi connectivity index (χ1v) is 8.68. The lowest BCUT2D eigenvalue weighted by Crippen LogP contribution is -2.30. The number of aryl methyl sites for hydroxylation is 1. The van der Waals surface area contributed by atoms with E-state index in [4.69, 9.17) is 9.26 Å². The molecule has 0 aliphatic heterocycles. The number of aromatic nitrogens is 4. The van der Waals surface area contributed by atoms with Crippen LogP contribution in [0.5, 0.6) is 0 Å². The summed E-state index contributed by atoms with van der Waals surface area (Å²) in [4.78, 5) is 35.8. The lowest BCUT2D eigenvalue weighted by atomic mass is 10.3. The van der Waals surface area contributed by atoms with Crippen LogP contribution < -0.4 is 5.32 Å². The van der Waals surface area contributed by atoms with Crippen LogP contribution in [0.1, 0.15) is 19.2 Å². The fourth-order valence-corrected chi connectivity index (χ4v) is 2.59. The minimum atomic E-state index is -0.977. The van der Waals surface area contributed by atoms with E-state index in [9.17, 15) is 9.59 Å². The highest BCUT2D eigenvalue weighted by Crippen LogP contribution is 2.19. The number of anilines is 1. The number of carbonyl (C=O) groups is 2. The van der Waals surface area contributed by atoms with Gasteiger partial charge in [0.1, 0.15) is 0 Å². The number of thiophene rings is 1. The molecule has 1 amide bonds. The average molecular weight is 373 g/mol. The maximum atomic E-state index is 11.9. The molecule has 1 atom stereocenters. The second kappa shape index (κ2) is 8.30. The molecule has 0 aliphatic carbocycles. The quantitative estimate of drug-likeness (QED) is 0.625. The van der Waals surface area contributed by atoms with Gasteiger partial charge in [0.05, 0.1) is 6.42 Å². The Balaban J connectivity index is 1.45. The number of hydrogen-bond donors (Lipinski definition) is 1. The van der Waals surface area contributed by atoms with Crippen LogP contribution in [0.15, 0.2) is 39.8 Å². The molecule has 3 aromatic heterocycles. The highest BCUT2D eigenvalue weighted by molar-refractivity contribution is 7.08. The number of rotatable bonds is 7. The van der Waals surface area contributed by atoms with Gasteiger partial charge in [-0.3, -0.25) is 14.9 Å². The Labute approximate surface area is 152 Å². The minimum Gasteiger partial charge on any atom is -0.453 e. The molecule has 0 aromatic carbocycles. The SMILES string of the molecule is CC(OC(=O)CCc1nc(-c2ccsc2)no1)C(=O)Nc1ncccn1. The molecule has 0 bridgehead atoms. The van der Waals surface area contributed by atoms with Gasteiger partial charge in [0.2, 0.25) is 17.7 Å². The summed E-state index contributed by atoms with van der Waals surface area (Å²) in [6.45, 7) is 1.47. The number of hydrogen-bond acceptors (Lipinski definition) is 9. The van der Waals surface area contributed by atoms with E-state index < -0.39 is 18.0 Å². The molecule has 1 N–H and O–H groups in total. The molecule has 0 spiro atoms. The molecule has 0 saturated heterocycles. The van der Waals surface area contributed by atoms with Crippen LogP contribution in [0.3, 0.4) is 0 Å². The zero-order valence-electron chi connectivity index (χ0n) is 13.8. The predicted octanol–water partition coefficient (Wildman–Crippen LogP) is 2.09. The lowest BCUT2D eigenvalue weighted by molar-refractivity contribution is -0.153. The summed E-state index contributed by atoms with van der Waals surface area (Å²) in [7, 11) is 0. The van der Waals surface area contributed by atoms with Crippen LogP contribution in [0.25, 0.3) is 11.4 Å². The van der Waals surface area contributed by atoms with Gasteiger partial charge in [0.25, 0.3) is 5.91 Å². The van der Waals surface area contributed by atoms with E-state index in [2.05, 4.69) is 25.4 Å². The second-order valence-electron chi connectivity index (χ2n) is 5.22. The molecule has 1 unspecified atom stereocenters. The standard InChI is InChI=1S/C16H15N5O4S/c1-10(15(23)20-16-17-6-2-7-18-16)24-13(22)4-3-12-19-14(21-25-12)11-5-8-26-9-11/h2,5-10H,3-4H2,1H3,(H,17,18,20,23). The monoisotopic (exact) mass is 373 g/mol. The maximum Gasteiger partial charge on any atom is 0.307 e. The number of amides is 1. The molecular weight excluding hydrogens is 358 g/mol. The third-order valence-corrected chi connectivity index (χ3v) is 3.95. The number of nitrogens with zero attached hydrogens (tertiary/aromatic N) is 4. The van der Waals surface area contributed by atoms with Crippen molar-refractivity contribution in [3.8, 4) is 11.4 Å². The normalized spacial score (nSPS) is 11.7. The Morgan fingerprint density at radius 1 is 1.35 bits per heavy atom. The summed E-state index contributed by atoms with van der Waals surface area (Å²) in [5.41, 5.74) is 0.862. The van der Waals surface area contributed by atoms with Crippen molar-refractivity contribution in [2.75, 3.05) is 5.32 Å². The Hall–Kier alpha value is -3.14. The van der Waals surface area contributed by atoms with Crippen LogP contribution in [-0.2, 0) is 20.7 Å². The molecule has 26 heavy (non-hydrogen) atoms. The molecule has 3 heterocycles. The lowest BCUT2D eigenvalue weighted by Gasteiger charge is -2.12. The molecule has 3 aromatic rings. The van der Waals surface area contributed by atoms with Gasteiger partial charge in [-0.15, -0.1) is 0 Å². The van der Waals surface area contributed by atoms with Crippen LogP contribution in [0.4, 0.5) is 5.95 Å². The molecule has 134 valence electrons. The first-order valence-electron chi connectivity index (χ1n) is 7.74. The summed E-state index contributed by atoms with van der Waals surface area (Å²) in [5.74, 6) is -0.102. The maximum absolute atomic E-state index is 11.9. The number of esters is 1. The number of carbonyl (C=O) groups excluding carboxylic acids is 2. The van der Waals surface area contributed by atoms with E-state index in [0.29, 0.717) is 11.7 Å². The van der Waals surface area contributed by atoms with Crippen molar-refractivity contribution in [3.63, 3.8) is 0 Å². The molecule has 0 fully saturated rings. The van der Waals surface area contributed by atoms with Gasteiger partial charge in [-0.25, -0.2) is 9.97 Å². The van der Waals surface area contributed by atoms with Crippen LogP contribution in [0, 0.1) is 0 Å². The topological polar surface area (TPSA) is 120 Å². The molecule has 0 radical (unpaired) electrons. The summed E-state index contributed by atoms with van der Waals surface area (Å²) in [6.07, 6.45) is 2.26. The summed E-state index contributed by atoms with van der Waals surface area (Å²) < 4.78 is 10.2. The van der Waals surface area contributed by atoms with Gasteiger partial charge < -0.3 is 9.26 Å². The second-order valence-corrected chi connectivity index (χ2v) is 6.00. The van der Waals surface area contributed by atoms with Gasteiger partial charge >= 0.3 is 5.97 Å². The molecule has 0 saturated carbocycles. The Kier molecular flexibility index (Phi) is 5.64. The van der Waals surface area contributed by atoms with Crippen molar-refractivity contribution < 1.29 is 18.8 Å². The molecule has 10 heteroatoms. The Morgan fingerprint density at radius 3 is 2.88 bits per heavy atom. The van der Waals surface area contributed by atoms with E-state index in [0.717, 1.165) is 5.56 Å². The number of nitrogens with one attached hydrogen (secondary N) is 1. The minimum absolute atomic E-state index is 0.0186. The number of ether oxygens (including phenoxy) is 1. The molecule has 3 rings (SSSR count). The van der Waals surface area contributed by atoms with Gasteiger partial charge in [-0.1, -0.05) is 5.16 Å². The van der Waals surface area contributed by atoms with Crippen molar-refractivity contribution in [2.45, 2.75) is 25.9 Å². The fourth-order valence-electron chi connectivity index (χ4n) is 1.96. The van der Waals surface area contributed by atoms with Crippen LogP contribution in [0.2, 0.25) is 0 Å². The average Bonchev–Trinajstić information content (AvgIpc) is 3.32. The van der Waals surface area contributed by atoms with E-state index in [1.165, 1.54) is 30.7 Å². The Morgan fingerprint density at radius 2 is 2.15 bits per heavy atom. The van der Waals surface area contributed by atoms with Crippen LogP contribution >= 0.6 is 11.3 Å². The third kappa shape index (κ3) is 4.70. The highest BCUT2D eigenvalue weighted by atomic mass is 32.1. The first-order chi connectivity index (χ1) is 12.6. The first kappa shape index (κ1) is 17.7. The zero-order chi connectivity index (χ0) is 18.4. The van der Waals surface area contributed by atoms with E-state index in [-0.39, 0.29) is 18.8 Å². The van der Waals surface area contributed by atoms with E-state index in [1.54, 1.807) is 6.07 Å². The van der Waals surface area contributed by atoms with Crippen molar-refractivity contribution in [1.29, 1.82) is 0 Å². The zero-order valence-corrected chi connectivity index (χ0v) is 14.6. The van der Waals surface area contributed by atoms with Crippen molar-refractivity contribution in [1.82, 2.24) is 20.1 Å². The fraction of sp³-hybridized carbons (Fsp3) is 0.250. The van der Waals surface area contributed by atoms with Crippen molar-refractivity contribution >= 4 is 29.2 Å². The summed E-state index contributed by atoms with van der Waals surface area (Å²) >= 11 is 1.53. The van der Waals surface area contributed by atoms with Gasteiger partial charge in [0.15, 0.2) is 6.10 Å². The van der Waals surface area contributed by atoms with E-state index in [1.807, 2.05) is 16.8 Å². The molecule has 9 nitrogen and oxygen atoms in total. The molecular formula is C16H15N5O4S. The smallest absolute Gasteiger partial charge is 0.307 e. The Bertz CT molecular complexity index is 866. The largest absolute Gasteiger partial charge is 0.453 e. The van der Waals surface area contributed by atoms with Crippen LogP contribution in [-0.4, -0.2) is 38.1 Å². The van der Waals surface area contributed by atoms with E-state index >= 15 is 0 Å². The molecule has 0 aliphatic rings. The highest BCUT2D eigenvalue weighted by Gasteiger charge is 2.19. The predicted molar refractivity (Wildman–Crippen MR) is 92.1 cm³/mol. The van der Waals surface area contributed by atoms with Crippen molar-refractivity contribution in [3.05, 3.63) is 41.2 Å². The van der Waals surface area contributed by atoms with Crippen molar-refractivity contribution in [2.24, 2.45) is 0 Å². The summed E-state index contributed by atoms with van der Waals surface area (Å²) in [5, 5.41) is 10.1. The van der Waals surface area contributed by atoms with Gasteiger partial charge in [-0.05, 0) is 24.4 Å². The van der Waals surface area contributed by atoms with Gasteiger partial charge in [-0.2, -0.15) is 16.3 Å². The third-order valence-electron chi connectivity index (χ3n) is 3.27.